The fourth-order valence-corrected chi connectivity index (χ4v) is 7.11. The van der Waals surface area contributed by atoms with Crippen LogP contribution in [0, 0.1) is 0 Å². The van der Waals surface area contributed by atoms with Crippen LogP contribution in [-0.4, -0.2) is 104 Å². The Balaban J connectivity index is 1.10. The number of rotatable bonds is 11. The lowest BCUT2D eigenvalue weighted by molar-refractivity contribution is -0.00203. The fraction of sp³-hybridized carbons (Fsp3) is 0.472. The van der Waals surface area contributed by atoms with E-state index in [4.69, 9.17) is 42.1 Å². The summed E-state index contributed by atoms with van der Waals surface area (Å²) in [5, 5.41) is 12.1. The van der Waals surface area contributed by atoms with E-state index >= 15 is 0 Å². The van der Waals surface area contributed by atoms with Gasteiger partial charge >= 0.3 is 0 Å². The van der Waals surface area contributed by atoms with Crippen molar-refractivity contribution in [2.45, 2.75) is 50.0 Å². The van der Waals surface area contributed by atoms with Gasteiger partial charge < -0.3 is 38.8 Å². The van der Waals surface area contributed by atoms with Gasteiger partial charge in [0.2, 0.25) is 0 Å². The fourth-order valence-electron chi connectivity index (χ4n) is 6.69. The highest BCUT2D eigenvalue weighted by Crippen LogP contribution is 2.42. The Morgan fingerprint density at radius 3 is 2.51 bits per heavy atom. The highest BCUT2D eigenvalue weighted by atomic mass is 35.5. The van der Waals surface area contributed by atoms with E-state index in [1.165, 1.54) is 0 Å². The number of likely N-dealkylation sites (N-methyl/N-ethyl adjacent to an activating group) is 1. The molecule has 0 saturated carbocycles. The number of β-amino-alcohol motifs (C(OH)–C–C–N with tert-alkyl or cyclic N) is 1. The first-order valence-electron chi connectivity index (χ1n) is 16.2. The van der Waals surface area contributed by atoms with Crippen LogP contribution >= 0.6 is 23.2 Å². The molecule has 47 heavy (non-hydrogen) atoms. The second-order valence-electron chi connectivity index (χ2n) is 13.1. The monoisotopic (exact) mass is 683 g/mol. The van der Waals surface area contributed by atoms with E-state index in [-0.39, 0.29) is 30.8 Å². The Hall–Kier alpha value is -3.21. The highest BCUT2D eigenvalue weighted by molar-refractivity contribution is 6.32. The number of fused-ring (bicyclic) bond motifs is 1. The van der Waals surface area contributed by atoms with Crippen molar-refractivity contribution in [1.82, 2.24) is 14.7 Å². The van der Waals surface area contributed by atoms with Gasteiger partial charge in [-0.3, -0.25) is 4.79 Å². The van der Waals surface area contributed by atoms with Crippen molar-refractivity contribution in [3.8, 4) is 23.0 Å². The maximum absolute atomic E-state index is 13.8. The molecule has 0 bridgehead atoms. The second-order valence-corrected chi connectivity index (χ2v) is 13.9. The molecule has 2 atom stereocenters. The largest absolute Gasteiger partial charge is 0.497 e. The SMILES string of the molecule is COc1ccc(COc2cc(OC[C@@H](O)CN3CCC4(CC3)Cc3cc(Cl)ccc3O4)c(C(=O)N3CC[C@@H](N(C)C)C3)cc2Cl)cc1. The highest BCUT2D eigenvalue weighted by Gasteiger charge is 2.42. The van der Waals surface area contributed by atoms with E-state index < -0.39 is 6.10 Å². The minimum Gasteiger partial charge on any atom is -0.497 e. The van der Waals surface area contributed by atoms with Gasteiger partial charge in [0.15, 0.2) is 0 Å². The predicted octanol–water partition coefficient (Wildman–Crippen LogP) is 5.57. The zero-order valence-corrected chi connectivity index (χ0v) is 28.7. The van der Waals surface area contributed by atoms with Crippen LogP contribution in [0.1, 0.15) is 40.7 Å². The minimum atomic E-state index is -0.767. The summed E-state index contributed by atoms with van der Waals surface area (Å²) < 4.78 is 23.9. The number of carbonyl (C=O) groups is 1. The quantitative estimate of drug-likeness (QED) is 0.281. The summed E-state index contributed by atoms with van der Waals surface area (Å²) in [6.07, 6.45) is 2.71. The van der Waals surface area contributed by atoms with Crippen molar-refractivity contribution < 1.29 is 28.8 Å². The minimum absolute atomic E-state index is 0.0161. The number of carbonyl (C=O) groups excluding carboxylic acids is 1. The zero-order valence-electron chi connectivity index (χ0n) is 27.2. The molecule has 3 heterocycles. The van der Waals surface area contributed by atoms with Gasteiger partial charge in [-0.1, -0.05) is 35.3 Å². The van der Waals surface area contributed by atoms with Crippen LogP contribution in [0.5, 0.6) is 23.0 Å². The number of benzene rings is 3. The molecule has 1 amide bonds. The first kappa shape index (κ1) is 33.7. The zero-order chi connectivity index (χ0) is 33.1. The Labute approximate surface area is 286 Å². The number of aliphatic hydroxyl groups excluding tert-OH is 1. The Bertz CT molecular complexity index is 1560. The molecule has 1 N–H and O–H groups in total. The lowest BCUT2D eigenvalue weighted by atomic mass is 9.87. The van der Waals surface area contributed by atoms with Crippen LogP contribution in [0.25, 0.3) is 0 Å². The molecular formula is C36H43Cl2N3O6. The molecule has 1 spiro atoms. The molecule has 0 aliphatic carbocycles. The van der Waals surface area contributed by atoms with Gasteiger partial charge in [0.05, 0.1) is 17.7 Å². The average Bonchev–Trinajstić information content (AvgIpc) is 3.70. The van der Waals surface area contributed by atoms with Crippen LogP contribution in [0.4, 0.5) is 0 Å². The Kier molecular flexibility index (Phi) is 10.4. The molecule has 3 aromatic carbocycles. The first-order valence-corrected chi connectivity index (χ1v) is 16.9. The van der Waals surface area contributed by atoms with E-state index in [0.29, 0.717) is 41.7 Å². The van der Waals surface area contributed by atoms with Gasteiger partial charge in [-0.15, -0.1) is 0 Å². The number of hydrogen-bond donors (Lipinski definition) is 1. The molecular weight excluding hydrogens is 641 g/mol. The summed E-state index contributed by atoms with van der Waals surface area (Å²) in [4.78, 5) is 20.0. The van der Waals surface area contributed by atoms with Crippen LogP contribution in [0.2, 0.25) is 10.0 Å². The average molecular weight is 685 g/mol. The van der Waals surface area contributed by atoms with Crippen LogP contribution in [0.15, 0.2) is 54.6 Å². The van der Waals surface area contributed by atoms with E-state index in [2.05, 4.69) is 9.80 Å². The second kappa shape index (κ2) is 14.5. The van der Waals surface area contributed by atoms with Crippen molar-refractivity contribution in [2.24, 2.45) is 0 Å². The number of likely N-dealkylation sites (tertiary alicyclic amines) is 2. The molecule has 3 aromatic rings. The Morgan fingerprint density at radius 2 is 1.81 bits per heavy atom. The topological polar surface area (TPSA) is 83.9 Å². The van der Waals surface area contributed by atoms with Gasteiger partial charge in [0.25, 0.3) is 5.91 Å². The maximum atomic E-state index is 13.8. The molecule has 0 radical (unpaired) electrons. The molecule has 11 heteroatoms. The van der Waals surface area contributed by atoms with E-state index in [1.807, 2.05) is 61.5 Å². The third kappa shape index (κ3) is 7.92. The molecule has 6 rings (SSSR count). The van der Waals surface area contributed by atoms with Crippen molar-refractivity contribution >= 4 is 29.1 Å². The molecule has 2 fully saturated rings. The van der Waals surface area contributed by atoms with Gasteiger partial charge in [-0.2, -0.15) is 0 Å². The van der Waals surface area contributed by atoms with Gasteiger partial charge in [0.1, 0.15) is 47.9 Å². The molecule has 252 valence electrons. The van der Waals surface area contributed by atoms with E-state index in [0.717, 1.165) is 66.4 Å². The van der Waals surface area contributed by atoms with Crippen molar-refractivity contribution in [3.05, 3.63) is 81.3 Å². The Morgan fingerprint density at radius 1 is 1.04 bits per heavy atom. The molecule has 9 nitrogen and oxygen atoms in total. The maximum Gasteiger partial charge on any atom is 0.257 e. The molecule has 3 aliphatic rings. The summed E-state index contributed by atoms with van der Waals surface area (Å²) in [5.74, 6) is 2.26. The van der Waals surface area contributed by atoms with Crippen LogP contribution in [-0.2, 0) is 13.0 Å². The molecule has 2 saturated heterocycles. The smallest absolute Gasteiger partial charge is 0.257 e. The number of halogens is 2. The molecule has 3 aliphatic heterocycles. The van der Waals surface area contributed by atoms with E-state index in [1.54, 1.807) is 19.2 Å². The number of nitrogens with zero attached hydrogens (tertiary/aromatic N) is 3. The van der Waals surface area contributed by atoms with Crippen LogP contribution in [0.3, 0.4) is 0 Å². The number of ether oxygens (including phenoxy) is 4. The molecule has 0 unspecified atom stereocenters. The number of methoxy groups -OCH3 is 1. The summed E-state index contributed by atoms with van der Waals surface area (Å²) in [5.41, 5.74) is 2.24. The first-order chi connectivity index (χ1) is 22.6. The summed E-state index contributed by atoms with van der Waals surface area (Å²) >= 11 is 12.9. The van der Waals surface area contributed by atoms with Crippen molar-refractivity contribution in [2.75, 3.05) is 60.5 Å². The van der Waals surface area contributed by atoms with Crippen molar-refractivity contribution in [1.29, 1.82) is 0 Å². The van der Waals surface area contributed by atoms with E-state index in [9.17, 15) is 9.90 Å². The summed E-state index contributed by atoms with van der Waals surface area (Å²) in [7, 11) is 5.68. The van der Waals surface area contributed by atoms with Gasteiger partial charge in [-0.05, 0) is 68.0 Å². The van der Waals surface area contributed by atoms with Gasteiger partial charge in [0, 0.05) is 69.1 Å². The summed E-state index contributed by atoms with van der Waals surface area (Å²) in [6, 6.07) is 17.0. The summed E-state index contributed by atoms with van der Waals surface area (Å²) in [6.45, 7) is 3.61. The standard InChI is InChI=1S/C36H43Cl2N3O6/c1-39(2)27-10-13-41(20-27)35(43)30-17-31(38)34(45-22-24-4-7-29(44-3)8-5-24)18-33(30)46-23-28(42)21-40-14-11-36(12-15-40)19-25-16-26(37)6-9-32(25)47-36/h4-9,16-18,27-28,42H,10-15,19-23H2,1-3H3/t27-,28+/m1/s1. The lowest BCUT2D eigenvalue weighted by Crippen LogP contribution is -2.49. The number of amides is 1. The molecule has 0 aromatic heterocycles. The normalized spacial score (nSPS) is 19.5. The van der Waals surface area contributed by atoms with Crippen LogP contribution < -0.4 is 18.9 Å². The lowest BCUT2D eigenvalue weighted by Gasteiger charge is -2.39. The predicted molar refractivity (Wildman–Crippen MR) is 182 cm³/mol. The number of aliphatic hydroxyl groups is 1. The number of piperidine rings is 1. The number of hydrogen-bond acceptors (Lipinski definition) is 8. The van der Waals surface area contributed by atoms with Crippen molar-refractivity contribution in [3.63, 3.8) is 0 Å². The third-order valence-electron chi connectivity index (χ3n) is 9.53. The third-order valence-corrected chi connectivity index (χ3v) is 10.1. The van der Waals surface area contributed by atoms with Gasteiger partial charge in [-0.25, -0.2) is 0 Å².